The Bertz CT molecular complexity index is 675. The molecule has 0 bridgehead atoms. The highest BCUT2D eigenvalue weighted by molar-refractivity contribution is 6.05. The second-order valence-corrected chi connectivity index (χ2v) is 4.38. The number of aromatic nitrogens is 2. The minimum absolute atomic E-state index is 0.159. The number of hydrogen-bond donors (Lipinski definition) is 2. The second-order valence-electron chi connectivity index (χ2n) is 4.38. The molecule has 1 amide bonds. The minimum Gasteiger partial charge on any atom is -0.480 e. The number of aliphatic carboxylic acids is 1. The molecule has 20 heavy (non-hydrogen) atoms. The van der Waals surface area contributed by atoms with Gasteiger partial charge in [-0.3, -0.25) is 9.48 Å². The van der Waals surface area contributed by atoms with E-state index < -0.39 is 17.9 Å². The lowest BCUT2D eigenvalue weighted by Crippen LogP contribution is -2.40. The van der Waals surface area contributed by atoms with Crippen molar-refractivity contribution in [2.24, 2.45) is 7.05 Å². The van der Waals surface area contributed by atoms with Crippen molar-refractivity contribution in [2.75, 3.05) is 0 Å². The van der Waals surface area contributed by atoms with Crippen LogP contribution in [0.15, 0.2) is 36.9 Å². The highest BCUT2D eigenvalue weighted by Crippen LogP contribution is 2.17. The van der Waals surface area contributed by atoms with Crippen LogP contribution in [0.1, 0.15) is 16.9 Å². The summed E-state index contributed by atoms with van der Waals surface area (Å²) in [6.07, 6.45) is 1.61. The number of para-hydroxylation sites is 1. The molecule has 0 spiro atoms. The van der Waals surface area contributed by atoms with Crippen LogP contribution in [0, 0.1) is 0 Å². The highest BCUT2D eigenvalue weighted by Gasteiger charge is 2.22. The standard InChI is InChI=1S/C14H15N3O3/c1-3-6-10(14(19)20)15-13(18)12-9-7-4-5-8-11(9)17(2)16-12/h3-5,7-8,10H,1,6H2,2H3,(H,15,18)(H,19,20). The van der Waals surface area contributed by atoms with Crippen LogP contribution >= 0.6 is 0 Å². The van der Waals surface area contributed by atoms with E-state index in [1.165, 1.54) is 6.08 Å². The Morgan fingerprint density at radius 1 is 1.50 bits per heavy atom. The molecule has 2 rings (SSSR count). The maximum absolute atomic E-state index is 12.2. The van der Waals surface area contributed by atoms with Crippen LogP contribution in [0.2, 0.25) is 0 Å². The fourth-order valence-corrected chi connectivity index (χ4v) is 2.00. The monoisotopic (exact) mass is 273 g/mol. The Balaban J connectivity index is 2.32. The molecule has 1 atom stereocenters. The van der Waals surface area contributed by atoms with E-state index in [-0.39, 0.29) is 12.1 Å². The lowest BCUT2D eigenvalue weighted by atomic mass is 10.1. The largest absolute Gasteiger partial charge is 0.480 e. The molecule has 0 aliphatic carbocycles. The number of benzene rings is 1. The molecule has 2 aromatic rings. The topological polar surface area (TPSA) is 84.2 Å². The summed E-state index contributed by atoms with van der Waals surface area (Å²) in [5, 5.41) is 16.3. The van der Waals surface area contributed by atoms with Crippen molar-refractivity contribution in [3.05, 3.63) is 42.6 Å². The number of carbonyl (C=O) groups is 2. The molecular weight excluding hydrogens is 258 g/mol. The lowest BCUT2D eigenvalue weighted by Gasteiger charge is -2.11. The van der Waals surface area contributed by atoms with E-state index >= 15 is 0 Å². The van der Waals surface area contributed by atoms with E-state index in [0.29, 0.717) is 5.39 Å². The third-order valence-corrected chi connectivity index (χ3v) is 2.98. The van der Waals surface area contributed by atoms with Gasteiger partial charge >= 0.3 is 5.97 Å². The Kier molecular flexibility index (Phi) is 3.84. The van der Waals surface area contributed by atoms with E-state index in [1.54, 1.807) is 23.9 Å². The zero-order valence-corrected chi connectivity index (χ0v) is 11.0. The SMILES string of the molecule is C=CCC(NC(=O)c1nn(C)c2ccccc12)C(=O)O. The van der Waals surface area contributed by atoms with Crippen molar-refractivity contribution in [3.63, 3.8) is 0 Å². The number of hydrogen-bond acceptors (Lipinski definition) is 3. The Morgan fingerprint density at radius 2 is 2.20 bits per heavy atom. The molecule has 0 fully saturated rings. The molecule has 0 aliphatic rings. The third-order valence-electron chi connectivity index (χ3n) is 2.98. The molecule has 0 saturated heterocycles. The predicted octanol–water partition coefficient (Wildman–Crippen LogP) is 1.33. The summed E-state index contributed by atoms with van der Waals surface area (Å²) in [5.41, 5.74) is 1.03. The first-order valence-electron chi connectivity index (χ1n) is 6.11. The van der Waals surface area contributed by atoms with Crippen molar-refractivity contribution in [2.45, 2.75) is 12.5 Å². The number of nitrogens with zero attached hydrogens (tertiary/aromatic N) is 2. The van der Waals surface area contributed by atoms with Crippen LogP contribution in [0.5, 0.6) is 0 Å². The first-order valence-corrected chi connectivity index (χ1v) is 6.11. The Labute approximate surface area is 115 Å². The van der Waals surface area contributed by atoms with Gasteiger partial charge in [0.2, 0.25) is 0 Å². The van der Waals surface area contributed by atoms with Crippen LogP contribution < -0.4 is 5.32 Å². The summed E-state index contributed by atoms with van der Waals surface area (Å²) in [6, 6.07) is 6.28. The van der Waals surface area contributed by atoms with Crippen LogP contribution in [0.3, 0.4) is 0 Å². The van der Waals surface area contributed by atoms with Gasteiger partial charge in [0, 0.05) is 12.4 Å². The van der Waals surface area contributed by atoms with E-state index in [4.69, 9.17) is 5.11 Å². The number of fused-ring (bicyclic) bond motifs is 1. The van der Waals surface area contributed by atoms with Crippen molar-refractivity contribution in [1.82, 2.24) is 15.1 Å². The maximum atomic E-state index is 12.2. The molecule has 0 radical (unpaired) electrons. The zero-order chi connectivity index (χ0) is 14.7. The zero-order valence-electron chi connectivity index (χ0n) is 11.0. The summed E-state index contributed by atoms with van der Waals surface area (Å²) in [7, 11) is 1.73. The van der Waals surface area contributed by atoms with Crippen molar-refractivity contribution in [3.8, 4) is 0 Å². The van der Waals surface area contributed by atoms with Crippen LogP contribution in [-0.4, -0.2) is 32.8 Å². The van der Waals surface area contributed by atoms with Gasteiger partial charge in [0.25, 0.3) is 5.91 Å². The Morgan fingerprint density at radius 3 is 2.85 bits per heavy atom. The van der Waals surface area contributed by atoms with Gasteiger partial charge in [0.05, 0.1) is 5.52 Å². The Hall–Kier alpha value is -2.63. The second kappa shape index (κ2) is 5.56. The molecule has 0 aliphatic heterocycles. The van der Waals surface area contributed by atoms with Crippen LogP contribution in [-0.2, 0) is 11.8 Å². The first-order chi connectivity index (χ1) is 9.54. The van der Waals surface area contributed by atoms with E-state index in [1.807, 2.05) is 12.1 Å². The molecule has 1 aromatic heterocycles. The fraction of sp³-hybridized carbons (Fsp3) is 0.214. The number of carboxylic acids is 1. The van der Waals surface area contributed by atoms with Gasteiger partial charge in [-0.25, -0.2) is 4.79 Å². The molecule has 1 heterocycles. The minimum atomic E-state index is -1.10. The smallest absolute Gasteiger partial charge is 0.326 e. The molecule has 104 valence electrons. The van der Waals surface area contributed by atoms with Gasteiger partial charge in [-0.1, -0.05) is 24.3 Å². The number of rotatable bonds is 5. The molecule has 1 unspecified atom stereocenters. The molecule has 2 N–H and O–H groups in total. The number of carboxylic acid groups (broad SMARTS) is 1. The maximum Gasteiger partial charge on any atom is 0.326 e. The summed E-state index contributed by atoms with van der Waals surface area (Å²) in [4.78, 5) is 23.2. The number of amides is 1. The number of carbonyl (C=O) groups excluding carboxylic acids is 1. The van der Waals surface area contributed by atoms with Crippen molar-refractivity contribution >= 4 is 22.8 Å². The molecule has 6 nitrogen and oxygen atoms in total. The summed E-state index contributed by atoms with van der Waals surface area (Å²) >= 11 is 0. The first kappa shape index (κ1) is 13.8. The average Bonchev–Trinajstić information content (AvgIpc) is 2.76. The molecule has 6 heteroatoms. The lowest BCUT2D eigenvalue weighted by molar-refractivity contribution is -0.139. The summed E-state index contributed by atoms with van der Waals surface area (Å²) in [5.74, 6) is -1.60. The quantitative estimate of drug-likeness (QED) is 0.805. The van der Waals surface area contributed by atoms with E-state index in [9.17, 15) is 9.59 Å². The van der Waals surface area contributed by atoms with Crippen LogP contribution in [0.4, 0.5) is 0 Å². The summed E-state index contributed by atoms with van der Waals surface area (Å²) < 4.78 is 1.59. The summed E-state index contributed by atoms with van der Waals surface area (Å²) in [6.45, 7) is 3.48. The van der Waals surface area contributed by atoms with Gasteiger partial charge in [-0.05, 0) is 12.5 Å². The van der Waals surface area contributed by atoms with Gasteiger partial charge in [-0.15, -0.1) is 6.58 Å². The van der Waals surface area contributed by atoms with Gasteiger partial charge in [0.15, 0.2) is 5.69 Å². The fourth-order valence-electron chi connectivity index (χ4n) is 2.00. The van der Waals surface area contributed by atoms with Crippen LogP contribution in [0.25, 0.3) is 10.9 Å². The number of aryl methyl sites for hydroxylation is 1. The van der Waals surface area contributed by atoms with Crippen molar-refractivity contribution in [1.29, 1.82) is 0 Å². The predicted molar refractivity (Wildman–Crippen MR) is 74.4 cm³/mol. The average molecular weight is 273 g/mol. The van der Waals surface area contributed by atoms with E-state index in [2.05, 4.69) is 17.0 Å². The van der Waals surface area contributed by atoms with Gasteiger partial charge in [-0.2, -0.15) is 5.10 Å². The molecule has 0 saturated carbocycles. The third kappa shape index (κ3) is 2.54. The normalized spacial score (nSPS) is 12.1. The van der Waals surface area contributed by atoms with Crippen molar-refractivity contribution < 1.29 is 14.7 Å². The molecule has 1 aromatic carbocycles. The highest BCUT2D eigenvalue weighted by atomic mass is 16.4. The van der Waals surface area contributed by atoms with Gasteiger partial charge < -0.3 is 10.4 Å². The van der Waals surface area contributed by atoms with Gasteiger partial charge in [0.1, 0.15) is 6.04 Å². The molecular formula is C14H15N3O3. The number of nitrogens with one attached hydrogen (secondary N) is 1. The van der Waals surface area contributed by atoms with E-state index in [0.717, 1.165) is 5.52 Å².